The lowest BCUT2D eigenvalue weighted by molar-refractivity contribution is 0.0782. The lowest BCUT2D eigenvalue weighted by Crippen LogP contribution is -2.29. The number of nitrogens with one attached hydrogen (secondary N) is 1. The Morgan fingerprint density at radius 2 is 2.07 bits per heavy atom. The number of amides is 1. The standard InChI is InChI=1S/C22H21N5O2/c1-29-17-6-4-5-15(11-17)19-12-20(25-24-19)22(28)26-10-9-16(13-26)27-14-23-18-7-2-3-8-21(18)27/h2-8,11-12,14,16H,9-10,13H2,1H3,(H,24,25). The van der Waals surface area contributed by atoms with Gasteiger partial charge in [0.2, 0.25) is 0 Å². The first-order chi connectivity index (χ1) is 14.2. The van der Waals surface area contributed by atoms with E-state index in [0.29, 0.717) is 18.8 Å². The number of rotatable bonds is 4. The van der Waals surface area contributed by atoms with E-state index in [1.165, 1.54) is 0 Å². The lowest BCUT2D eigenvalue weighted by Gasteiger charge is -2.16. The van der Waals surface area contributed by atoms with Gasteiger partial charge in [0.05, 0.1) is 36.2 Å². The largest absolute Gasteiger partial charge is 0.497 e. The second kappa shape index (κ2) is 7.09. The highest BCUT2D eigenvalue weighted by molar-refractivity contribution is 5.93. The summed E-state index contributed by atoms with van der Waals surface area (Å²) in [4.78, 5) is 19.4. The summed E-state index contributed by atoms with van der Waals surface area (Å²) in [6.07, 6.45) is 2.78. The maximum Gasteiger partial charge on any atom is 0.271 e. The fourth-order valence-corrected chi connectivity index (χ4v) is 3.95. The van der Waals surface area contributed by atoms with Crippen molar-refractivity contribution in [1.82, 2.24) is 24.6 Å². The third-order valence-corrected chi connectivity index (χ3v) is 5.50. The first-order valence-corrected chi connectivity index (χ1v) is 9.63. The van der Waals surface area contributed by atoms with E-state index in [-0.39, 0.29) is 11.9 Å². The van der Waals surface area contributed by atoms with Gasteiger partial charge in [-0.1, -0.05) is 24.3 Å². The molecule has 0 bridgehead atoms. The summed E-state index contributed by atoms with van der Waals surface area (Å²) < 4.78 is 7.45. The monoisotopic (exact) mass is 387 g/mol. The first kappa shape index (κ1) is 17.5. The Kier molecular flexibility index (Phi) is 4.27. The molecule has 29 heavy (non-hydrogen) atoms. The lowest BCUT2D eigenvalue weighted by atomic mass is 10.1. The van der Waals surface area contributed by atoms with Crippen molar-refractivity contribution in [3.63, 3.8) is 0 Å². The van der Waals surface area contributed by atoms with Crippen LogP contribution in [0.5, 0.6) is 5.75 Å². The number of fused-ring (bicyclic) bond motifs is 1. The Morgan fingerprint density at radius 3 is 2.97 bits per heavy atom. The molecule has 1 N–H and O–H groups in total. The number of benzene rings is 2. The number of para-hydroxylation sites is 2. The van der Waals surface area contributed by atoms with Crippen molar-refractivity contribution in [2.45, 2.75) is 12.5 Å². The van der Waals surface area contributed by atoms with Crippen molar-refractivity contribution in [1.29, 1.82) is 0 Å². The summed E-state index contributed by atoms with van der Waals surface area (Å²) in [7, 11) is 1.63. The number of hydrogen-bond donors (Lipinski definition) is 1. The Morgan fingerprint density at radius 1 is 1.17 bits per heavy atom. The van der Waals surface area contributed by atoms with E-state index in [4.69, 9.17) is 4.74 Å². The molecule has 0 radical (unpaired) electrons. The number of imidazole rings is 1. The molecule has 1 aliphatic heterocycles. The molecule has 0 spiro atoms. The number of nitrogens with zero attached hydrogens (tertiary/aromatic N) is 4. The van der Waals surface area contributed by atoms with Gasteiger partial charge < -0.3 is 14.2 Å². The highest BCUT2D eigenvalue weighted by atomic mass is 16.5. The van der Waals surface area contributed by atoms with Crippen LogP contribution in [0, 0.1) is 0 Å². The number of methoxy groups -OCH3 is 1. The fraction of sp³-hybridized carbons (Fsp3) is 0.227. The zero-order valence-corrected chi connectivity index (χ0v) is 16.1. The molecule has 7 nitrogen and oxygen atoms in total. The number of carbonyl (C=O) groups excluding carboxylic acids is 1. The molecule has 3 heterocycles. The summed E-state index contributed by atoms with van der Waals surface area (Å²) in [5.74, 6) is 0.729. The smallest absolute Gasteiger partial charge is 0.271 e. The van der Waals surface area contributed by atoms with Crippen LogP contribution in [0.25, 0.3) is 22.3 Å². The number of hydrogen-bond acceptors (Lipinski definition) is 4. The average Bonchev–Trinajstić information content (AvgIpc) is 3.52. The summed E-state index contributed by atoms with van der Waals surface area (Å²) in [6, 6.07) is 17.8. The maximum absolute atomic E-state index is 13.0. The van der Waals surface area contributed by atoms with E-state index in [2.05, 4.69) is 25.8 Å². The Bertz CT molecular complexity index is 1180. The number of H-pyrrole nitrogens is 1. The molecule has 1 atom stereocenters. The van der Waals surface area contributed by atoms with Crippen LogP contribution in [-0.4, -0.2) is 50.8 Å². The van der Waals surface area contributed by atoms with Gasteiger partial charge in [0.25, 0.3) is 5.91 Å². The number of aromatic amines is 1. The maximum atomic E-state index is 13.0. The molecule has 1 unspecified atom stereocenters. The third-order valence-electron chi connectivity index (χ3n) is 5.50. The topological polar surface area (TPSA) is 76.0 Å². The van der Waals surface area contributed by atoms with Crippen molar-refractivity contribution < 1.29 is 9.53 Å². The van der Waals surface area contributed by atoms with Crippen molar-refractivity contribution >= 4 is 16.9 Å². The Labute approximate surface area is 167 Å². The van der Waals surface area contributed by atoms with Gasteiger partial charge in [0, 0.05) is 18.7 Å². The molecular weight excluding hydrogens is 366 g/mol. The van der Waals surface area contributed by atoms with E-state index in [0.717, 1.165) is 34.5 Å². The van der Waals surface area contributed by atoms with E-state index < -0.39 is 0 Å². The van der Waals surface area contributed by atoms with E-state index in [1.807, 2.05) is 53.7 Å². The molecule has 1 aliphatic rings. The fourth-order valence-electron chi connectivity index (χ4n) is 3.95. The molecule has 2 aromatic heterocycles. The quantitative estimate of drug-likeness (QED) is 0.581. The van der Waals surface area contributed by atoms with Crippen LogP contribution in [0.4, 0.5) is 0 Å². The van der Waals surface area contributed by atoms with Gasteiger partial charge in [-0.05, 0) is 36.8 Å². The predicted octanol–water partition coefficient (Wildman–Crippen LogP) is 3.52. The van der Waals surface area contributed by atoms with E-state index in [1.54, 1.807) is 13.2 Å². The molecule has 0 saturated carbocycles. The number of ether oxygens (including phenoxy) is 1. The van der Waals surface area contributed by atoms with Gasteiger partial charge in [0.15, 0.2) is 0 Å². The van der Waals surface area contributed by atoms with Crippen LogP contribution in [0.15, 0.2) is 60.9 Å². The molecule has 146 valence electrons. The minimum absolute atomic E-state index is 0.0291. The van der Waals surface area contributed by atoms with Crippen molar-refractivity contribution in [3.8, 4) is 17.0 Å². The summed E-state index contributed by atoms with van der Waals surface area (Å²) in [5, 5.41) is 7.22. The molecule has 4 aromatic rings. The molecule has 1 saturated heterocycles. The number of carbonyl (C=O) groups is 1. The van der Waals surface area contributed by atoms with Crippen LogP contribution in [-0.2, 0) is 0 Å². The van der Waals surface area contributed by atoms with Gasteiger partial charge in [-0.15, -0.1) is 0 Å². The van der Waals surface area contributed by atoms with Crippen LogP contribution in [0.2, 0.25) is 0 Å². The van der Waals surface area contributed by atoms with Crippen LogP contribution < -0.4 is 4.74 Å². The first-order valence-electron chi connectivity index (χ1n) is 9.63. The summed E-state index contributed by atoms with van der Waals surface area (Å²) >= 11 is 0. The normalized spacial score (nSPS) is 16.4. The van der Waals surface area contributed by atoms with Crippen molar-refractivity contribution in [2.24, 2.45) is 0 Å². The average molecular weight is 387 g/mol. The number of aromatic nitrogens is 4. The molecule has 1 amide bonds. The van der Waals surface area contributed by atoms with Crippen LogP contribution in [0.1, 0.15) is 23.0 Å². The minimum Gasteiger partial charge on any atom is -0.497 e. The van der Waals surface area contributed by atoms with Crippen LogP contribution in [0.3, 0.4) is 0 Å². The molecule has 7 heteroatoms. The predicted molar refractivity (Wildman–Crippen MR) is 110 cm³/mol. The number of likely N-dealkylation sites (tertiary alicyclic amines) is 1. The second-order valence-corrected chi connectivity index (χ2v) is 7.23. The van der Waals surface area contributed by atoms with Gasteiger partial charge >= 0.3 is 0 Å². The van der Waals surface area contributed by atoms with Crippen molar-refractivity contribution in [2.75, 3.05) is 20.2 Å². The molecule has 5 rings (SSSR count). The van der Waals surface area contributed by atoms with E-state index >= 15 is 0 Å². The van der Waals surface area contributed by atoms with E-state index in [9.17, 15) is 4.79 Å². The zero-order valence-electron chi connectivity index (χ0n) is 16.1. The summed E-state index contributed by atoms with van der Waals surface area (Å²) in [6.45, 7) is 1.37. The molecule has 1 fully saturated rings. The SMILES string of the molecule is COc1cccc(-c2cc(C(=O)N3CCC(n4cnc5ccccc54)C3)[nH]n2)c1. The highest BCUT2D eigenvalue weighted by Crippen LogP contribution is 2.28. The van der Waals surface area contributed by atoms with Gasteiger partial charge in [-0.25, -0.2) is 4.98 Å². The minimum atomic E-state index is -0.0291. The van der Waals surface area contributed by atoms with Crippen molar-refractivity contribution in [3.05, 3.63) is 66.6 Å². The van der Waals surface area contributed by atoms with Gasteiger partial charge in [-0.2, -0.15) is 5.10 Å². The highest BCUT2D eigenvalue weighted by Gasteiger charge is 2.29. The molecular formula is C22H21N5O2. The Hall–Kier alpha value is -3.61. The van der Waals surface area contributed by atoms with Crippen LogP contribution >= 0.6 is 0 Å². The molecule has 2 aromatic carbocycles. The summed E-state index contributed by atoms with van der Waals surface area (Å²) in [5.41, 5.74) is 4.22. The second-order valence-electron chi connectivity index (χ2n) is 7.23. The van der Waals surface area contributed by atoms with Gasteiger partial charge in [0.1, 0.15) is 11.4 Å². The van der Waals surface area contributed by atoms with Gasteiger partial charge in [-0.3, -0.25) is 9.89 Å². The zero-order chi connectivity index (χ0) is 19.8. The molecule has 0 aliphatic carbocycles. The Balaban J connectivity index is 1.33. The third kappa shape index (κ3) is 3.14.